The second-order valence-electron chi connectivity index (χ2n) is 4.36. The molecule has 0 aromatic carbocycles. The smallest absolute Gasteiger partial charge is 0.335 e. The molecule has 0 radical (unpaired) electrons. The van der Waals surface area contributed by atoms with E-state index >= 15 is 0 Å². The third kappa shape index (κ3) is 2.76. The number of pyridine rings is 3. The lowest BCUT2D eigenvalue weighted by Gasteiger charge is -2.06. The number of carbonyl (C=O) groups is 1. The predicted molar refractivity (Wildman–Crippen MR) is 77.7 cm³/mol. The van der Waals surface area contributed by atoms with Crippen molar-refractivity contribution in [2.24, 2.45) is 0 Å². The van der Waals surface area contributed by atoms with Gasteiger partial charge in [0.25, 0.3) is 0 Å². The molecule has 0 spiro atoms. The highest BCUT2D eigenvalue weighted by Gasteiger charge is 2.12. The Morgan fingerprint density at radius 3 is 1.71 bits per heavy atom. The van der Waals surface area contributed by atoms with E-state index in [9.17, 15) is 9.90 Å². The third-order valence-corrected chi connectivity index (χ3v) is 2.93. The van der Waals surface area contributed by atoms with Gasteiger partial charge in [0, 0.05) is 12.4 Å². The molecule has 0 fully saturated rings. The molecule has 0 bridgehead atoms. The Hall–Kier alpha value is -3.08. The van der Waals surface area contributed by atoms with Crippen LogP contribution in [0, 0.1) is 0 Å². The molecular weight excluding hydrogens is 266 g/mol. The summed E-state index contributed by atoms with van der Waals surface area (Å²) < 4.78 is 0. The minimum Gasteiger partial charge on any atom is -0.478 e. The average Bonchev–Trinajstić information content (AvgIpc) is 2.56. The summed E-state index contributed by atoms with van der Waals surface area (Å²) in [5.41, 5.74) is 2.43. The molecule has 102 valence electrons. The molecule has 3 rings (SSSR count). The summed E-state index contributed by atoms with van der Waals surface area (Å²) in [6.07, 6.45) is 3.29. The van der Waals surface area contributed by atoms with E-state index in [1.165, 1.54) is 12.1 Å². The van der Waals surface area contributed by atoms with Crippen LogP contribution in [0.4, 0.5) is 0 Å². The van der Waals surface area contributed by atoms with Gasteiger partial charge >= 0.3 is 5.97 Å². The summed E-state index contributed by atoms with van der Waals surface area (Å²) in [6, 6.07) is 13.9. The van der Waals surface area contributed by atoms with Gasteiger partial charge in [0.1, 0.15) is 0 Å². The fourth-order valence-electron chi connectivity index (χ4n) is 1.95. The molecule has 0 aliphatic heterocycles. The lowest BCUT2D eigenvalue weighted by atomic mass is 10.1. The van der Waals surface area contributed by atoms with Crippen molar-refractivity contribution in [3.63, 3.8) is 0 Å². The van der Waals surface area contributed by atoms with Gasteiger partial charge in [-0.05, 0) is 36.4 Å². The number of hydrogen-bond donors (Lipinski definition) is 1. The molecule has 0 amide bonds. The van der Waals surface area contributed by atoms with Crippen LogP contribution in [0.25, 0.3) is 22.8 Å². The Morgan fingerprint density at radius 1 is 0.810 bits per heavy atom. The van der Waals surface area contributed by atoms with E-state index in [2.05, 4.69) is 15.0 Å². The van der Waals surface area contributed by atoms with Crippen LogP contribution < -0.4 is 0 Å². The highest BCUT2D eigenvalue weighted by Crippen LogP contribution is 2.22. The fraction of sp³-hybridized carbons (Fsp3) is 0. The molecule has 0 atom stereocenters. The summed E-state index contributed by atoms with van der Waals surface area (Å²) in [5.74, 6) is -1.01. The lowest BCUT2D eigenvalue weighted by molar-refractivity contribution is 0.0697. The lowest BCUT2D eigenvalue weighted by Crippen LogP contribution is -2.01. The number of carboxylic acids is 1. The Kier molecular flexibility index (Phi) is 3.39. The molecule has 5 nitrogen and oxygen atoms in total. The standard InChI is InChI=1S/C16H11N3O2/c20-16(21)11-9-14(12-5-1-3-7-17-12)19-15(10-11)13-6-2-4-8-18-13/h1-10H,(H,20,21). The van der Waals surface area contributed by atoms with Crippen LogP contribution in [-0.2, 0) is 0 Å². The van der Waals surface area contributed by atoms with Crippen molar-refractivity contribution in [1.82, 2.24) is 15.0 Å². The largest absolute Gasteiger partial charge is 0.478 e. The van der Waals surface area contributed by atoms with Gasteiger partial charge in [0.05, 0.1) is 28.3 Å². The average molecular weight is 277 g/mol. The molecule has 0 unspecified atom stereocenters. The van der Waals surface area contributed by atoms with Crippen LogP contribution >= 0.6 is 0 Å². The van der Waals surface area contributed by atoms with Gasteiger partial charge in [-0.1, -0.05) is 12.1 Å². The molecule has 3 aromatic heterocycles. The molecule has 0 saturated carbocycles. The van der Waals surface area contributed by atoms with E-state index in [0.717, 1.165) is 0 Å². The zero-order valence-electron chi connectivity index (χ0n) is 11.0. The predicted octanol–water partition coefficient (Wildman–Crippen LogP) is 2.90. The van der Waals surface area contributed by atoms with Gasteiger partial charge in [-0.25, -0.2) is 9.78 Å². The summed E-state index contributed by atoms with van der Waals surface area (Å²) in [4.78, 5) is 24.2. The van der Waals surface area contributed by atoms with Crippen LogP contribution in [-0.4, -0.2) is 26.0 Å². The first-order chi connectivity index (χ1) is 10.2. The molecule has 3 aromatic rings. The summed E-state index contributed by atoms with van der Waals surface area (Å²) in [5, 5.41) is 9.26. The van der Waals surface area contributed by atoms with Gasteiger partial charge < -0.3 is 5.11 Å². The van der Waals surface area contributed by atoms with Crippen molar-refractivity contribution >= 4 is 5.97 Å². The van der Waals surface area contributed by atoms with Gasteiger partial charge in [-0.2, -0.15) is 0 Å². The number of carboxylic acid groups (broad SMARTS) is 1. The maximum Gasteiger partial charge on any atom is 0.335 e. The summed E-state index contributed by atoms with van der Waals surface area (Å²) in [6.45, 7) is 0. The SMILES string of the molecule is O=C(O)c1cc(-c2ccccn2)nc(-c2ccccn2)c1. The summed E-state index contributed by atoms with van der Waals surface area (Å²) >= 11 is 0. The van der Waals surface area contributed by atoms with Crippen molar-refractivity contribution in [2.45, 2.75) is 0 Å². The van der Waals surface area contributed by atoms with Crippen LogP contribution in [0.15, 0.2) is 60.9 Å². The molecule has 21 heavy (non-hydrogen) atoms. The van der Waals surface area contributed by atoms with E-state index in [1.807, 2.05) is 12.1 Å². The Labute approximate surface area is 121 Å². The minimum atomic E-state index is -1.01. The maximum atomic E-state index is 11.3. The molecule has 1 N–H and O–H groups in total. The minimum absolute atomic E-state index is 0.159. The zero-order chi connectivity index (χ0) is 14.7. The van der Waals surface area contributed by atoms with Gasteiger partial charge in [0.2, 0.25) is 0 Å². The van der Waals surface area contributed by atoms with Gasteiger partial charge in [-0.15, -0.1) is 0 Å². The molecule has 3 heterocycles. The monoisotopic (exact) mass is 277 g/mol. The first kappa shape index (κ1) is 12.9. The Morgan fingerprint density at radius 2 is 1.33 bits per heavy atom. The highest BCUT2D eigenvalue weighted by molar-refractivity contribution is 5.90. The number of rotatable bonds is 3. The zero-order valence-corrected chi connectivity index (χ0v) is 11.0. The Balaban J connectivity index is 2.18. The maximum absolute atomic E-state index is 11.3. The normalized spacial score (nSPS) is 10.3. The van der Waals surface area contributed by atoms with Crippen LogP contribution in [0.2, 0.25) is 0 Å². The quantitative estimate of drug-likeness (QED) is 0.796. The molecule has 0 aliphatic carbocycles. The number of aromatic carboxylic acids is 1. The summed E-state index contributed by atoms with van der Waals surface area (Å²) in [7, 11) is 0. The number of hydrogen-bond acceptors (Lipinski definition) is 4. The molecule has 0 aliphatic rings. The van der Waals surface area contributed by atoms with Gasteiger partial charge in [-0.3, -0.25) is 9.97 Å². The van der Waals surface area contributed by atoms with E-state index in [1.54, 1.807) is 36.7 Å². The van der Waals surface area contributed by atoms with Crippen molar-refractivity contribution < 1.29 is 9.90 Å². The van der Waals surface area contributed by atoms with Crippen molar-refractivity contribution in [2.75, 3.05) is 0 Å². The van der Waals surface area contributed by atoms with Crippen LogP contribution in [0.3, 0.4) is 0 Å². The highest BCUT2D eigenvalue weighted by atomic mass is 16.4. The van der Waals surface area contributed by atoms with E-state index in [-0.39, 0.29) is 5.56 Å². The van der Waals surface area contributed by atoms with E-state index < -0.39 is 5.97 Å². The second kappa shape index (κ2) is 5.50. The van der Waals surface area contributed by atoms with E-state index in [4.69, 9.17) is 0 Å². The van der Waals surface area contributed by atoms with E-state index in [0.29, 0.717) is 22.8 Å². The molecular formula is C16H11N3O2. The fourth-order valence-corrected chi connectivity index (χ4v) is 1.95. The van der Waals surface area contributed by atoms with Gasteiger partial charge in [0.15, 0.2) is 0 Å². The van der Waals surface area contributed by atoms with Crippen molar-refractivity contribution in [3.8, 4) is 22.8 Å². The van der Waals surface area contributed by atoms with Crippen molar-refractivity contribution in [1.29, 1.82) is 0 Å². The number of nitrogens with zero attached hydrogens (tertiary/aromatic N) is 3. The van der Waals surface area contributed by atoms with Crippen molar-refractivity contribution in [3.05, 3.63) is 66.5 Å². The first-order valence-electron chi connectivity index (χ1n) is 6.32. The molecule has 5 heteroatoms. The molecule has 0 saturated heterocycles. The Bertz CT molecular complexity index is 716. The second-order valence-corrected chi connectivity index (χ2v) is 4.36. The topological polar surface area (TPSA) is 76.0 Å². The van der Waals surface area contributed by atoms with Crippen LogP contribution in [0.5, 0.6) is 0 Å². The number of aromatic nitrogens is 3. The third-order valence-electron chi connectivity index (χ3n) is 2.93. The first-order valence-corrected chi connectivity index (χ1v) is 6.32. The van der Waals surface area contributed by atoms with Crippen LogP contribution in [0.1, 0.15) is 10.4 Å².